The molecule has 8 heteroatoms. The second-order valence-electron chi connectivity index (χ2n) is 7.28. The van der Waals surface area contributed by atoms with Crippen molar-refractivity contribution in [3.05, 3.63) is 52.7 Å². The lowest BCUT2D eigenvalue weighted by atomic mass is 10.0. The van der Waals surface area contributed by atoms with Crippen LogP contribution in [0, 0.1) is 0 Å². The van der Waals surface area contributed by atoms with Crippen molar-refractivity contribution in [3.63, 3.8) is 0 Å². The quantitative estimate of drug-likeness (QED) is 0.276. The van der Waals surface area contributed by atoms with E-state index in [4.69, 9.17) is 14.2 Å². The van der Waals surface area contributed by atoms with E-state index in [2.05, 4.69) is 0 Å². The highest BCUT2D eigenvalue weighted by Crippen LogP contribution is 2.43. The minimum atomic E-state index is -0.638. The van der Waals surface area contributed by atoms with Crippen LogP contribution in [0.2, 0.25) is 0 Å². The number of nitrogens with zero attached hydrogens (tertiary/aromatic N) is 1. The second kappa shape index (κ2) is 7.81. The van der Waals surface area contributed by atoms with E-state index >= 15 is 0 Å². The Balaban J connectivity index is 2.31. The van der Waals surface area contributed by atoms with Crippen LogP contribution in [-0.4, -0.2) is 22.5 Å². The van der Waals surface area contributed by atoms with Crippen LogP contribution in [0.1, 0.15) is 20.8 Å². The highest BCUT2D eigenvalue weighted by molar-refractivity contribution is 6.14. The number of para-hydroxylation sites is 1. The van der Waals surface area contributed by atoms with Crippen molar-refractivity contribution in [1.29, 1.82) is 0 Å². The Bertz CT molecular complexity index is 1510. The topological polar surface area (TPSA) is 101 Å². The first-order valence-electron chi connectivity index (χ1n) is 9.75. The summed E-state index contributed by atoms with van der Waals surface area (Å²) < 4.78 is 18.0. The van der Waals surface area contributed by atoms with Gasteiger partial charge in [0.05, 0.1) is 10.9 Å². The summed E-state index contributed by atoms with van der Waals surface area (Å²) in [4.78, 5) is 49.0. The lowest BCUT2D eigenvalue weighted by molar-refractivity contribution is -0.132. The fraction of sp³-hybridized carbons (Fsp3) is 0.167. The maximum absolute atomic E-state index is 13.6. The first-order chi connectivity index (χ1) is 15.2. The lowest BCUT2D eigenvalue weighted by Crippen LogP contribution is -2.15. The fourth-order valence-corrected chi connectivity index (χ4v) is 3.86. The number of esters is 3. The number of carbonyl (C=O) groups excluding carboxylic acids is 3. The van der Waals surface area contributed by atoms with Crippen LogP contribution in [0.5, 0.6) is 17.2 Å². The molecule has 0 saturated heterocycles. The molecule has 0 aliphatic rings. The molecule has 0 radical (unpaired) electrons. The molecule has 8 nitrogen and oxygen atoms in total. The van der Waals surface area contributed by atoms with Crippen LogP contribution >= 0.6 is 0 Å². The van der Waals surface area contributed by atoms with Gasteiger partial charge in [0.25, 0.3) is 0 Å². The van der Waals surface area contributed by atoms with Crippen LogP contribution in [0.15, 0.2) is 47.3 Å². The van der Waals surface area contributed by atoms with E-state index in [9.17, 15) is 19.2 Å². The summed E-state index contributed by atoms with van der Waals surface area (Å²) in [6.45, 7) is 3.73. The zero-order valence-electron chi connectivity index (χ0n) is 17.8. The third kappa shape index (κ3) is 3.45. The third-order valence-electron chi connectivity index (χ3n) is 4.98. The van der Waals surface area contributed by atoms with Crippen molar-refractivity contribution in [2.24, 2.45) is 7.05 Å². The van der Waals surface area contributed by atoms with Gasteiger partial charge in [-0.2, -0.15) is 0 Å². The normalized spacial score (nSPS) is 11.0. The standard InChI is InChI=1S/C24H19NO7/c1-12(26)30-15-9-10-16-18(11-15)23(31-13(2)27)20-21(24(16)32-14(3)28)25(4)19-8-6-5-7-17(19)22(20)29/h5-11H,1-4H3. The van der Waals surface area contributed by atoms with Crippen LogP contribution < -0.4 is 19.6 Å². The zero-order valence-corrected chi connectivity index (χ0v) is 17.8. The monoisotopic (exact) mass is 433 g/mol. The average Bonchev–Trinajstić information content (AvgIpc) is 2.72. The summed E-state index contributed by atoms with van der Waals surface area (Å²) in [5.41, 5.74) is 0.522. The van der Waals surface area contributed by atoms with Crippen molar-refractivity contribution < 1.29 is 28.6 Å². The van der Waals surface area contributed by atoms with Gasteiger partial charge in [-0.1, -0.05) is 12.1 Å². The molecule has 0 saturated carbocycles. The molecular weight excluding hydrogens is 414 g/mol. The number of carbonyl (C=O) groups is 3. The molecule has 0 unspecified atom stereocenters. The Labute approximate surface area is 181 Å². The molecule has 3 aromatic carbocycles. The van der Waals surface area contributed by atoms with Crippen LogP contribution in [0.25, 0.3) is 32.6 Å². The number of pyridine rings is 1. The maximum atomic E-state index is 13.6. The predicted octanol–water partition coefficient (Wildman–Crippen LogP) is 3.62. The second-order valence-corrected chi connectivity index (χ2v) is 7.28. The Kier molecular flexibility index (Phi) is 5.14. The number of hydrogen-bond acceptors (Lipinski definition) is 7. The molecule has 0 atom stereocenters. The molecule has 0 spiro atoms. The first-order valence-corrected chi connectivity index (χ1v) is 9.75. The molecular formula is C24H19NO7. The average molecular weight is 433 g/mol. The maximum Gasteiger partial charge on any atom is 0.308 e. The Hall–Kier alpha value is -4.20. The Morgan fingerprint density at radius 3 is 2.03 bits per heavy atom. The van der Waals surface area contributed by atoms with E-state index in [0.29, 0.717) is 21.8 Å². The zero-order chi connectivity index (χ0) is 23.2. The molecule has 0 N–H and O–H groups in total. The third-order valence-corrected chi connectivity index (χ3v) is 4.98. The highest BCUT2D eigenvalue weighted by atomic mass is 16.5. The molecule has 0 bridgehead atoms. The summed E-state index contributed by atoms with van der Waals surface area (Å²) in [5.74, 6) is -1.44. The summed E-state index contributed by atoms with van der Waals surface area (Å²) in [5, 5.41) is 1.17. The predicted molar refractivity (Wildman–Crippen MR) is 118 cm³/mol. The van der Waals surface area contributed by atoms with Gasteiger partial charge < -0.3 is 18.8 Å². The van der Waals surface area contributed by atoms with Gasteiger partial charge in [-0.25, -0.2) is 0 Å². The highest BCUT2D eigenvalue weighted by Gasteiger charge is 2.24. The van der Waals surface area contributed by atoms with Gasteiger partial charge in [-0.15, -0.1) is 0 Å². The smallest absolute Gasteiger partial charge is 0.308 e. The van der Waals surface area contributed by atoms with Crippen molar-refractivity contribution in [1.82, 2.24) is 4.57 Å². The Morgan fingerprint density at radius 1 is 0.750 bits per heavy atom. The summed E-state index contributed by atoms with van der Waals surface area (Å²) in [6.07, 6.45) is 0. The molecule has 162 valence electrons. The fourth-order valence-electron chi connectivity index (χ4n) is 3.86. The first kappa shape index (κ1) is 21.0. The van der Waals surface area contributed by atoms with Gasteiger partial charge >= 0.3 is 17.9 Å². The number of ether oxygens (including phenoxy) is 3. The summed E-state index contributed by atoms with van der Waals surface area (Å²) in [7, 11) is 1.73. The van der Waals surface area contributed by atoms with Crippen molar-refractivity contribution >= 4 is 50.5 Å². The van der Waals surface area contributed by atoms with Gasteiger partial charge in [0.15, 0.2) is 11.5 Å². The van der Waals surface area contributed by atoms with Gasteiger partial charge in [0, 0.05) is 44.0 Å². The van der Waals surface area contributed by atoms with E-state index in [1.54, 1.807) is 41.9 Å². The SMILES string of the molecule is CC(=O)Oc1ccc2c(OC(C)=O)c3c(c(OC(C)=O)c2c1)c(=O)c1ccccc1n3C. The minimum Gasteiger partial charge on any atom is -0.427 e. The van der Waals surface area contributed by atoms with Gasteiger partial charge in [-0.3, -0.25) is 19.2 Å². The van der Waals surface area contributed by atoms with E-state index in [-0.39, 0.29) is 28.0 Å². The largest absolute Gasteiger partial charge is 0.427 e. The van der Waals surface area contributed by atoms with Crippen LogP contribution in [0.3, 0.4) is 0 Å². The van der Waals surface area contributed by atoms with Crippen molar-refractivity contribution in [2.75, 3.05) is 0 Å². The molecule has 4 aromatic rings. The number of aryl methyl sites for hydroxylation is 1. The number of fused-ring (bicyclic) bond motifs is 3. The summed E-state index contributed by atoms with van der Waals surface area (Å²) >= 11 is 0. The van der Waals surface area contributed by atoms with Gasteiger partial charge in [0.1, 0.15) is 11.3 Å². The molecule has 4 rings (SSSR count). The van der Waals surface area contributed by atoms with E-state index in [1.807, 2.05) is 0 Å². The molecule has 0 aliphatic heterocycles. The Morgan fingerprint density at radius 2 is 1.38 bits per heavy atom. The minimum absolute atomic E-state index is 0.00115. The lowest BCUT2D eigenvalue weighted by Gasteiger charge is -2.19. The molecule has 1 heterocycles. The molecule has 1 aromatic heterocycles. The van der Waals surface area contributed by atoms with Gasteiger partial charge in [-0.05, 0) is 30.3 Å². The van der Waals surface area contributed by atoms with E-state index in [0.717, 1.165) is 0 Å². The van der Waals surface area contributed by atoms with E-state index in [1.165, 1.54) is 32.9 Å². The van der Waals surface area contributed by atoms with Crippen LogP contribution in [-0.2, 0) is 21.4 Å². The molecule has 0 fully saturated rings. The van der Waals surface area contributed by atoms with E-state index < -0.39 is 23.3 Å². The number of benzene rings is 3. The van der Waals surface area contributed by atoms with Gasteiger partial charge in [0.2, 0.25) is 5.43 Å². The van der Waals surface area contributed by atoms with Crippen LogP contribution in [0.4, 0.5) is 0 Å². The number of hydrogen-bond donors (Lipinski definition) is 0. The van der Waals surface area contributed by atoms with Crippen molar-refractivity contribution in [3.8, 4) is 17.2 Å². The van der Waals surface area contributed by atoms with Crippen molar-refractivity contribution in [2.45, 2.75) is 20.8 Å². The summed E-state index contributed by atoms with van der Waals surface area (Å²) in [6, 6.07) is 11.5. The molecule has 0 aliphatic carbocycles. The number of rotatable bonds is 3. The molecule has 32 heavy (non-hydrogen) atoms. The molecule has 0 amide bonds. The number of aromatic nitrogens is 1.